The molecule has 3 rings (SSSR count). The number of benzene rings is 1. The van der Waals surface area contributed by atoms with Crippen molar-refractivity contribution >= 4 is 11.9 Å². The minimum Gasteiger partial charge on any atom is -0.469 e. The van der Waals surface area contributed by atoms with Crippen LogP contribution in [0.1, 0.15) is 24.9 Å². The highest BCUT2D eigenvalue weighted by Crippen LogP contribution is 2.38. The van der Waals surface area contributed by atoms with Gasteiger partial charge in [0.1, 0.15) is 12.6 Å². The van der Waals surface area contributed by atoms with Crippen molar-refractivity contribution < 1.29 is 19.1 Å². The zero-order valence-corrected chi connectivity index (χ0v) is 12.9. The lowest BCUT2D eigenvalue weighted by molar-refractivity contribution is -0.179. The number of hydrogen-bond acceptors (Lipinski definition) is 5. The van der Waals surface area contributed by atoms with Crippen LogP contribution in [-0.2, 0) is 19.1 Å². The van der Waals surface area contributed by atoms with E-state index in [0.717, 1.165) is 12.1 Å². The predicted molar refractivity (Wildman–Crippen MR) is 79.9 cm³/mol. The molecular weight excluding hydrogens is 282 g/mol. The second-order valence-electron chi connectivity index (χ2n) is 6.17. The van der Waals surface area contributed by atoms with Gasteiger partial charge in [-0.25, -0.2) is 0 Å². The maximum Gasteiger partial charge on any atom is 0.324 e. The number of methoxy groups -OCH3 is 1. The molecule has 2 saturated heterocycles. The van der Waals surface area contributed by atoms with Crippen LogP contribution in [0, 0.1) is 11.8 Å². The van der Waals surface area contributed by atoms with Crippen molar-refractivity contribution in [3.05, 3.63) is 35.9 Å². The summed E-state index contributed by atoms with van der Waals surface area (Å²) in [6, 6.07) is 9.45. The van der Waals surface area contributed by atoms with Crippen LogP contribution in [0.5, 0.6) is 0 Å². The van der Waals surface area contributed by atoms with Crippen LogP contribution in [0.15, 0.2) is 30.3 Å². The first-order valence-electron chi connectivity index (χ1n) is 7.67. The van der Waals surface area contributed by atoms with Crippen molar-refractivity contribution in [2.45, 2.75) is 25.4 Å². The van der Waals surface area contributed by atoms with Gasteiger partial charge in [0.2, 0.25) is 0 Å². The fourth-order valence-electron chi connectivity index (χ4n) is 3.64. The molecule has 0 saturated carbocycles. The quantitative estimate of drug-likeness (QED) is 0.780. The van der Waals surface area contributed by atoms with Gasteiger partial charge >= 0.3 is 11.9 Å². The van der Waals surface area contributed by atoms with Crippen LogP contribution in [0.3, 0.4) is 0 Å². The third-order valence-corrected chi connectivity index (χ3v) is 4.63. The summed E-state index contributed by atoms with van der Waals surface area (Å²) < 4.78 is 10.3. The fourth-order valence-corrected chi connectivity index (χ4v) is 3.64. The molecule has 22 heavy (non-hydrogen) atoms. The van der Waals surface area contributed by atoms with E-state index in [1.165, 1.54) is 7.11 Å². The zero-order valence-electron chi connectivity index (χ0n) is 12.9. The molecule has 2 aliphatic heterocycles. The predicted octanol–water partition coefficient (Wildman–Crippen LogP) is 1.78. The van der Waals surface area contributed by atoms with Gasteiger partial charge < -0.3 is 9.47 Å². The van der Waals surface area contributed by atoms with Gasteiger partial charge in [0.05, 0.1) is 19.1 Å². The topological polar surface area (TPSA) is 55.8 Å². The van der Waals surface area contributed by atoms with Crippen molar-refractivity contribution in [1.82, 2.24) is 4.90 Å². The molecule has 0 spiro atoms. The highest BCUT2D eigenvalue weighted by Gasteiger charge is 2.49. The van der Waals surface area contributed by atoms with Crippen molar-refractivity contribution in [1.29, 1.82) is 0 Å². The van der Waals surface area contributed by atoms with Crippen molar-refractivity contribution in [3.8, 4) is 0 Å². The number of hydrogen-bond donors (Lipinski definition) is 0. The molecule has 0 unspecified atom stereocenters. The van der Waals surface area contributed by atoms with Gasteiger partial charge in [0.15, 0.2) is 0 Å². The maximum absolute atomic E-state index is 12.3. The minimum absolute atomic E-state index is 0.00111. The number of carbonyl (C=O) groups is 2. The van der Waals surface area contributed by atoms with Gasteiger partial charge in [-0.2, -0.15) is 0 Å². The average Bonchev–Trinajstić information content (AvgIpc) is 2.54. The summed E-state index contributed by atoms with van der Waals surface area (Å²) in [7, 11) is 1.37. The Morgan fingerprint density at radius 1 is 1.32 bits per heavy atom. The molecule has 0 aliphatic carbocycles. The Morgan fingerprint density at radius 2 is 2.05 bits per heavy atom. The normalized spacial score (nSPS) is 32.0. The molecule has 2 aliphatic rings. The van der Waals surface area contributed by atoms with Gasteiger partial charge in [0, 0.05) is 6.54 Å². The lowest BCUT2D eigenvalue weighted by atomic mass is 9.81. The Hall–Kier alpha value is -1.88. The standard InChI is InChI=1S/C17H21NO4/c1-11-8-13(16(19)21-2)15-17(20)22-10-14(18(15)9-11)12-6-4-3-5-7-12/h3-7,11,13-15H,8-10H2,1-2H3/t11-,13+,14+,15-/m0/s1. The largest absolute Gasteiger partial charge is 0.469 e. The lowest BCUT2D eigenvalue weighted by Gasteiger charge is -2.47. The van der Waals surface area contributed by atoms with E-state index < -0.39 is 12.0 Å². The summed E-state index contributed by atoms with van der Waals surface area (Å²) in [4.78, 5) is 26.5. The van der Waals surface area contributed by atoms with Gasteiger partial charge in [-0.3, -0.25) is 14.5 Å². The Labute approximate surface area is 130 Å². The smallest absolute Gasteiger partial charge is 0.324 e. The van der Waals surface area contributed by atoms with Gasteiger partial charge in [-0.15, -0.1) is 0 Å². The number of cyclic esters (lactones) is 1. The average molecular weight is 303 g/mol. The van der Waals surface area contributed by atoms with Crippen LogP contribution in [0.4, 0.5) is 0 Å². The number of esters is 2. The molecule has 1 aromatic rings. The van der Waals surface area contributed by atoms with E-state index in [-0.39, 0.29) is 18.0 Å². The van der Waals surface area contributed by atoms with Crippen LogP contribution in [-0.4, -0.2) is 43.1 Å². The summed E-state index contributed by atoms with van der Waals surface area (Å²) in [6.07, 6.45) is 0.657. The maximum atomic E-state index is 12.3. The molecule has 0 aromatic heterocycles. The van der Waals surface area contributed by atoms with E-state index in [1.807, 2.05) is 30.3 Å². The Morgan fingerprint density at radius 3 is 2.73 bits per heavy atom. The summed E-state index contributed by atoms with van der Waals surface area (Å²) in [5.74, 6) is -0.757. The number of carbonyl (C=O) groups excluding carboxylic acids is 2. The zero-order chi connectivity index (χ0) is 15.7. The molecule has 4 atom stereocenters. The van der Waals surface area contributed by atoms with Crippen molar-refractivity contribution in [2.75, 3.05) is 20.3 Å². The second kappa shape index (κ2) is 6.08. The van der Waals surface area contributed by atoms with Crippen molar-refractivity contribution in [3.63, 3.8) is 0 Å². The van der Waals surface area contributed by atoms with E-state index in [1.54, 1.807) is 0 Å². The molecule has 118 valence electrons. The molecule has 2 fully saturated rings. The van der Waals surface area contributed by atoms with E-state index in [4.69, 9.17) is 9.47 Å². The van der Waals surface area contributed by atoms with E-state index in [9.17, 15) is 9.59 Å². The van der Waals surface area contributed by atoms with E-state index >= 15 is 0 Å². The first-order chi connectivity index (χ1) is 10.6. The number of piperidine rings is 1. The number of rotatable bonds is 2. The monoisotopic (exact) mass is 303 g/mol. The van der Waals surface area contributed by atoms with Gasteiger partial charge in [0.25, 0.3) is 0 Å². The Bertz CT molecular complexity index is 559. The van der Waals surface area contributed by atoms with Crippen LogP contribution < -0.4 is 0 Å². The van der Waals surface area contributed by atoms with E-state index in [0.29, 0.717) is 18.9 Å². The van der Waals surface area contributed by atoms with E-state index in [2.05, 4.69) is 11.8 Å². The lowest BCUT2D eigenvalue weighted by Crippen LogP contribution is -2.60. The molecule has 0 bridgehead atoms. The molecule has 5 heteroatoms. The summed E-state index contributed by atoms with van der Waals surface area (Å²) in [5, 5.41) is 0. The first kappa shape index (κ1) is 15.0. The molecule has 0 radical (unpaired) electrons. The minimum atomic E-state index is -0.539. The Balaban J connectivity index is 1.94. The molecule has 0 N–H and O–H groups in total. The van der Waals surface area contributed by atoms with Gasteiger partial charge in [-0.05, 0) is 17.9 Å². The second-order valence-corrected chi connectivity index (χ2v) is 6.17. The van der Waals surface area contributed by atoms with Crippen LogP contribution >= 0.6 is 0 Å². The first-order valence-corrected chi connectivity index (χ1v) is 7.67. The molecule has 2 heterocycles. The molecule has 5 nitrogen and oxygen atoms in total. The summed E-state index contributed by atoms with van der Waals surface area (Å²) in [6.45, 7) is 3.22. The molecular formula is C17H21NO4. The number of fused-ring (bicyclic) bond motifs is 1. The number of ether oxygens (including phenoxy) is 2. The Kier molecular flexibility index (Phi) is 4.16. The third-order valence-electron chi connectivity index (χ3n) is 4.63. The molecule has 0 amide bonds. The number of nitrogens with zero attached hydrogens (tertiary/aromatic N) is 1. The summed E-state index contributed by atoms with van der Waals surface area (Å²) in [5.41, 5.74) is 1.11. The highest BCUT2D eigenvalue weighted by molar-refractivity contribution is 5.85. The summed E-state index contributed by atoms with van der Waals surface area (Å²) >= 11 is 0. The highest BCUT2D eigenvalue weighted by atomic mass is 16.5. The van der Waals surface area contributed by atoms with Gasteiger partial charge in [-0.1, -0.05) is 37.3 Å². The number of morpholine rings is 1. The third kappa shape index (κ3) is 2.61. The van der Waals surface area contributed by atoms with Crippen molar-refractivity contribution in [2.24, 2.45) is 11.8 Å². The van der Waals surface area contributed by atoms with Crippen LogP contribution in [0.25, 0.3) is 0 Å². The fraction of sp³-hybridized carbons (Fsp3) is 0.529. The molecule has 1 aromatic carbocycles. The van der Waals surface area contributed by atoms with Crippen LogP contribution in [0.2, 0.25) is 0 Å². The SMILES string of the molecule is COC(=O)[C@@H]1C[C@H](C)CN2[C@@H](c3ccccc3)COC(=O)[C@H]12.